The molecule has 1 aliphatic carbocycles. The van der Waals surface area contributed by atoms with Crippen molar-refractivity contribution in [3.8, 4) is 6.01 Å². The van der Waals surface area contributed by atoms with Gasteiger partial charge in [0.2, 0.25) is 0 Å². The number of aromatic nitrogens is 2. The van der Waals surface area contributed by atoms with Crippen LogP contribution in [0.5, 0.6) is 6.01 Å². The Morgan fingerprint density at radius 3 is 2.69 bits per heavy atom. The molecule has 6 nitrogen and oxygen atoms in total. The summed E-state index contributed by atoms with van der Waals surface area (Å²) in [5.41, 5.74) is -0.225. The average Bonchev–Trinajstić information content (AvgIpc) is 3.55. The molecule has 3 aliphatic heterocycles. The molecule has 42 heavy (non-hydrogen) atoms. The fourth-order valence-corrected chi connectivity index (χ4v) is 9.08. The lowest BCUT2D eigenvalue weighted by Gasteiger charge is -2.40. The molecule has 3 saturated heterocycles. The van der Waals surface area contributed by atoms with E-state index in [2.05, 4.69) is 64.6 Å². The van der Waals surface area contributed by atoms with E-state index in [0.29, 0.717) is 23.0 Å². The number of hydrogen-bond donors (Lipinski definition) is 0. The molecule has 4 aliphatic rings. The van der Waals surface area contributed by atoms with E-state index in [0.717, 1.165) is 45.3 Å². The van der Waals surface area contributed by atoms with E-state index >= 15 is 4.39 Å². The maximum absolute atomic E-state index is 15.6. The summed E-state index contributed by atoms with van der Waals surface area (Å²) >= 11 is 9.68. The number of benzene rings is 1. The summed E-state index contributed by atoms with van der Waals surface area (Å²) in [6.07, 6.45) is 2.62. The third-order valence-electron chi connectivity index (χ3n) is 10.4. The first-order chi connectivity index (χ1) is 19.7. The van der Waals surface area contributed by atoms with Gasteiger partial charge < -0.3 is 14.1 Å². The van der Waals surface area contributed by atoms with Crippen LogP contribution >= 0.6 is 27.5 Å². The van der Waals surface area contributed by atoms with Gasteiger partial charge in [0, 0.05) is 42.6 Å². The lowest BCUT2D eigenvalue weighted by Crippen LogP contribution is -2.46. The van der Waals surface area contributed by atoms with Gasteiger partial charge in [0.05, 0.1) is 15.0 Å². The highest BCUT2D eigenvalue weighted by Crippen LogP contribution is 2.47. The Balaban J connectivity index is 1.31. The maximum Gasteiger partial charge on any atom is 0.319 e. The number of piperidine rings is 1. The SMILES string of the molecule is CC(C)(C)[Si](C)(C)O[C@@H]1C[C@H]2C[C@@H]1CN(c1nc(OCC34CCCN3CC(=C(F)F)C4)nc3c(F)c(Br)c(Cl)cc13)C2. The molecule has 0 radical (unpaired) electrons. The van der Waals surface area contributed by atoms with Gasteiger partial charge in [-0.15, -0.1) is 0 Å². The Labute approximate surface area is 260 Å². The normalized spacial score (nSPS) is 28.2. The van der Waals surface area contributed by atoms with Crippen molar-refractivity contribution >= 4 is 52.6 Å². The molecule has 12 heteroatoms. The molecule has 2 aromatic rings. The maximum atomic E-state index is 15.6. The predicted molar refractivity (Wildman–Crippen MR) is 166 cm³/mol. The minimum atomic E-state index is -1.94. The van der Waals surface area contributed by atoms with Crippen LogP contribution in [0.1, 0.15) is 52.9 Å². The lowest BCUT2D eigenvalue weighted by atomic mass is 9.94. The molecule has 4 fully saturated rings. The standard InChI is InChI=1S/C30H39BrClF3N4O2Si/c1-29(2,3)42(4,5)41-22-10-17-9-18(22)14-38(13-17)27-20-11-21(32)23(31)24(33)25(20)36-28(37-27)40-16-30-7-6-8-39(30)15-19(12-30)26(34)35/h11,17-18,22H,6-10,12-16H2,1-5H3/t17-,18-,22-,30?/m1/s1. The summed E-state index contributed by atoms with van der Waals surface area (Å²) in [6, 6.07) is 1.76. The Kier molecular flexibility index (Phi) is 7.94. The topological polar surface area (TPSA) is 50.7 Å². The number of fused-ring (bicyclic) bond motifs is 4. The Morgan fingerprint density at radius 1 is 1.21 bits per heavy atom. The summed E-state index contributed by atoms with van der Waals surface area (Å²) in [7, 11) is -1.94. The Morgan fingerprint density at radius 2 is 1.98 bits per heavy atom. The van der Waals surface area contributed by atoms with Gasteiger partial charge in [-0.1, -0.05) is 32.4 Å². The zero-order valence-electron chi connectivity index (χ0n) is 24.9. The van der Waals surface area contributed by atoms with E-state index in [-0.39, 0.29) is 57.3 Å². The third-order valence-corrected chi connectivity index (χ3v) is 16.2. The Hall–Kier alpha value is -1.40. The highest BCUT2D eigenvalue weighted by Gasteiger charge is 2.49. The summed E-state index contributed by atoms with van der Waals surface area (Å²) < 4.78 is 55.8. The van der Waals surface area contributed by atoms with Crippen LogP contribution in [0.2, 0.25) is 23.2 Å². The second kappa shape index (κ2) is 10.9. The molecule has 1 aromatic carbocycles. The molecule has 4 atom stereocenters. The summed E-state index contributed by atoms with van der Waals surface area (Å²) in [5.74, 6) is 0.798. The average molecular weight is 688 g/mol. The fraction of sp³-hybridized carbons (Fsp3) is 0.667. The van der Waals surface area contributed by atoms with Crippen molar-refractivity contribution in [3.05, 3.63) is 33.0 Å². The number of rotatable bonds is 6. The number of hydrogen-bond acceptors (Lipinski definition) is 6. The number of nitrogens with zero attached hydrogens (tertiary/aromatic N) is 4. The Bertz CT molecular complexity index is 1440. The largest absolute Gasteiger partial charge is 0.461 e. The van der Waals surface area contributed by atoms with E-state index in [1.807, 2.05) is 0 Å². The van der Waals surface area contributed by atoms with E-state index < -0.39 is 25.8 Å². The van der Waals surface area contributed by atoms with Crippen molar-refractivity contribution in [2.75, 3.05) is 37.7 Å². The van der Waals surface area contributed by atoms with Crippen molar-refractivity contribution in [1.82, 2.24) is 14.9 Å². The van der Waals surface area contributed by atoms with Crippen molar-refractivity contribution in [1.29, 1.82) is 0 Å². The molecule has 0 N–H and O–H groups in total. The highest BCUT2D eigenvalue weighted by molar-refractivity contribution is 9.10. The molecule has 230 valence electrons. The van der Waals surface area contributed by atoms with Crippen molar-refractivity contribution in [2.24, 2.45) is 11.8 Å². The molecule has 1 unspecified atom stereocenters. The monoisotopic (exact) mass is 686 g/mol. The van der Waals surface area contributed by atoms with Crippen molar-refractivity contribution in [2.45, 2.75) is 82.7 Å². The summed E-state index contributed by atoms with van der Waals surface area (Å²) in [5, 5.41) is 0.902. The van der Waals surface area contributed by atoms with Crippen LogP contribution in [0, 0.1) is 17.7 Å². The van der Waals surface area contributed by atoms with Crippen LogP contribution in [0.4, 0.5) is 19.0 Å². The van der Waals surface area contributed by atoms with Gasteiger partial charge >= 0.3 is 6.01 Å². The minimum Gasteiger partial charge on any atom is -0.461 e. The van der Waals surface area contributed by atoms with E-state index in [9.17, 15) is 8.78 Å². The molecule has 0 spiro atoms. The first-order valence-electron chi connectivity index (χ1n) is 14.9. The van der Waals surface area contributed by atoms with Gasteiger partial charge in [0.25, 0.3) is 6.08 Å². The molecule has 4 heterocycles. The van der Waals surface area contributed by atoms with Gasteiger partial charge in [0.1, 0.15) is 17.9 Å². The first-order valence-corrected chi connectivity index (χ1v) is 18.9. The van der Waals surface area contributed by atoms with Crippen LogP contribution in [0.3, 0.4) is 0 Å². The van der Waals surface area contributed by atoms with Gasteiger partial charge in [-0.25, -0.2) is 4.39 Å². The van der Waals surface area contributed by atoms with Crippen LogP contribution < -0.4 is 9.64 Å². The zero-order chi connectivity index (χ0) is 30.2. The zero-order valence-corrected chi connectivity index (χ0v) is 28.2. The molecule has 0 amide bonds. The smallest absolute Gasteiger partial charge is 0.319 e. The number of ether oxygens (including phenoxy) is 1. The molecular weight excluding hydrogens is 649 g/mol. The van der Waals surface area contributed by atoms with E-state index in [1.54, 1.807) is 6.07 Å². The van der Waals surface area contributed by atoms with E-state index in [4.69, 9.17) is 25.7 Å². The number of anilines is 1. The van der Waals surface area contributed by atoms with Crippen molar-refractivity contribution < 1.29 is 22.3 Å². The second-order valence-electron chi connectivity index (χ2n) is 14.2. The van der Waals surface area contributed by atoms with Crippen molar-refractivity contribution in [3.63, 3.8) is 0 Å². The molecule has 2 bridgehead atoms. The lowest BCUT2D eigenvalue weighted by molar-refractivity contribution is 0.108. The van der Waals surface area contributed by atoms with Gasteiger partial charge in [-0.05, 0) is 84.7 Å². The fourth-order valence-electron chi connectivity index (χ4n) is 7.19. The quantitative estimate of drug-likeness (QED) is 0.226. The van der Waals surface area contributed by atoms with Crippen LogP contribution in [0.15, 0.2) is 22.2 Å². The molecule has 6 rings (SSSR count). The van der Waals surface area contributed by atoms with Crippen LogP contribution in [0.25, 0.3) is 10.9 Å². The van der Waals surface area contributed by atoms with Gasteiger partial charge in [-0.2, -0.15) is 18.7 Å². The summed E-state index contributed by atoms with van der Waals surface area (Å²) in [4.78, 5) is 13.6. The van der Waals surface area contributed by atoms with Gasteiger partial charge in [-0.3, -0.25) is 4.90 Å². The van der Waals surface area contributed by atoms with E-state index in [1.165, 1.54) is 0 Å². The minimum absolute atomic E-state index is 0.0528. The number of halogens is 5. The van der Waals surface area contributed by atoms with Gasteiger partial charge in [0.15, 0.2) is 14.1 Å². The third kappa shape index (κ3) is 5.39. The summed E-state index contributed by atoms with van der Waals surface area (Å²) in [6.45, 7) is 14.1. The predicted octanol–water partition coefficient (Wildman–Crippen LogP) is 8.19. The second-order valence-corrected chi connectivity index (χ2v) is 20.2. The molecular formula is C30H39BrClF3N4O2Si. The highest BCUT2D eigenvalue weighted by atomic mass is 79.9. The molecule has 1 saturated carbocycles. The first kappa shape index (κ1) is 30.6. The van der Waals surface area contributed by atoms with Crippen LogP contribution in [-0.4, -0.2) is 67.6 Å². The molecule has 1 aromatic heterocycles. The van der Waals surface area contributed by atoms with Crippen LogP contribution in [-0.2, 0) is 4.43 Å².